The Morgan fingerprint density at radius 1 is 1.31 bits per heavy atom. The van der Waals surface area contributed by atoms with Crippen molar-refractivity contribution in [2.45, 2.75) is 38.1 Å². The quantitative estimate of drug-likeness (QED) is 0.497. The van der Waals surface area contributed by atoms with Gasteiger partial charge in [0.15, 0.2) is 0 Å². The Kier molecular flexibility index (Phi) is 3.66. The van der Waals surface area contributed by atoms with Gasteiger partial charge in [0, 0.05) is 25.9 Å². The van der Waals surface area contributed by atoms with Crippen molar-refractivity contribution in [1.82, 2.24) is 4.90 Å². The molecule has 2 N–H and O–H groups in total. The number of carbonyl (C=O) groups is 1. The van der Waals surface area contributed by atoms with Crippen molar-refractivity contribution in [2.75, 3.05) is 13.1 Å². The average molecular weight is 241 g/mol. The van der Waals surface area contributed by atoms with Crippen molar-refractivity contribution < 1.29 is 15.0 Å². The van der Waals surface area contributed by atoms with Crippen LogP contribution in [0.5, 0.6) is 0 Å². The normalized spacial score (nSPS) is 19.9. The number of piperidine rings is 1. The molecule has 1 amide bonds. The van der Waals surface area contributed by atoms with Gasteiger partial charge in [0.05, 0.1) is 0 Å². The third kappa shape index (κ3) is 3.87. The van der Waals surface area contributed by atoms with Crippen molar-refractivity contribution in [3.63, 3.8) is 0 Å². The molecule has 90 valence electrons. The first kappa shape index (κ1) is 13.1. The Morgan fingerprint density at radius 2 is 1.81 bits per heavy atom. The summed E-state index contributed by atoms with van der Waals surface area (Å²) in [7, 11) is -1.48. The molecule has 0 radical (unpaired) electrons. The zero-order valence-corrected chi connectivity index (χ0v) is 11.1. The molecule has 0 unspecified atom stereocenters. The molecule has 0 atom stereocenters. The predicted molar refractivity (Wildman–Crippen MR) is 64.9 cm³/mol. The van der Waals surface area contributed by atoms with Crippen molar-refractivity contribution in [2.24, 2.45) is 0 Å². The lowest BCUT2D eigenvalue weighted by atomic mass is 9.93. The molecule has 0 bridgehead atoms. The van der Waals surface area contributed by atoms with Crippen molar-refractivity contribution in [1.29, 1.82) is 0 Å². The van der Waals surface area contributed by atoms with Gasteiger partial charge in [0.2, 0.25) is 0 Å². The van der Waals surface area contributed by atoms with E-state index in [0.717, 1.165) is 0 Å². The minimum atomic E-state index is -1.48. The molecule has 0 aliphatic carbocycles. The Bertz CT molecular complexity index is 329. The van der Waals surface area contributed by atoms with E-state index in [2.05, 4.69) is 31.1 Å². The SMILES string of the molecule is C[Si](C)(C)C#CC1(O)CCN(C(=O)O)CC1. The first-order chi connectivity index (χ1) is 7.22. The highest BCUT2D eigenvalue weighted by Gasteiger charge is 2.32. The van der Waals surface area contributed by atoms with Crippen LogP contribution in [0.4, 0.5) is 4.79 Å². The molecule has 0 aromatic heterocycles. The monoisotopic (exact) mass is 241 g/mol. The third-order valence-electron chi connectivity index (χ3n) is 2.53. The summed E-state index contributed by atoms with van der Waals surface area (Å²) in [5.41, 5.74) is 2.17. The van der Waals surface area contributed by atoms with E-state index in [1.54, 1.807) is 0 Å². The highest BCUT2D eigenvalue weighted by atomic mass is 28.3. The summed E-state index contributed by atoms with van der Waals surface area (Å²) in [6, 6.07) is 0. The van der Waals surface area contributed by atoms with Crippen LogP contribution in [-0.4, -0.2) is 48.0 Å². The molecule has 1 saturated heterocycles. The van der Waals surface area contributed by atoms with Crippen molar-refractivity contribution >= 4 is 14.2 Å². The number of carboxylic acid groups (broad SMARTS) is 1. The fourth-order valence-electron chi connectivity index (χ4n) is 1.50. The van der Waals surface area contributed by atoms with Crippen LogP contribution in [0.1, 0.15) is 12.8 Å². The fourth-order valence-corrected chi connectivity index (χ4v) is 2.10. The molecule has 1 aliphatic heterocycles. The number of hydrogen-bond acceptors (Lipinski definition) is 2. The summed E-state index contributed by atoms with van der Waals surface area (Å²) in [6.07, 6.45) is -0.0895. The Balaban J connectivity index is 2.62. The van der Waals surface area contributed by atoms with Gasteiger partial charge in [-0.3, -0.25) is 0 Å². The van der Waals surface area contributed by atoms with E-state index in [0.29, 0.717) is 25.9 Å². The van der Waals surface area contributed by atoms with Gasteiger partial charge in [-0.05, 0) is 0 Å². The second-order valence-corrected chi connectivity index (χ2v) is 10.1. The lowest BCUT2D eigenvalue weighted by Gasteiger charge is -2.33. The summed E-state index contributed by atoms with van der Waals surface area (Å²) < 4.78 is 0. The minimum absolute atomic E-state index is 0.367. The summed E-state index contributed by atoms with van der Waals surface area (Å²) in [6.45, 7) is 7.10. The molecule has 1 fully saturated rings. The standard InChI is InChI=1S/C11H19NO3Si/c1-16(2,3)9-6-11(15)4-7-12(8-5-11)10(13)14/h15H,4-5,7-8H2,1-3H3,(H,13,14). The van der Waals surface area contributed by atoms with Gasteiger partial charge in [-0.15, -0.1) is 5.54 Å². The van der Waals surface area contributed by atoms with Gasteiger partial charge in [0.1, 0.15) is 13.7 Å². The molecular formula is C11H19NO3Si. The van der Waals surface area contributed by atoms with Crippen LogP contribution in [0.25, 0.3) is 0 Å². The zero-order valence-electron chi connectivity index (χ0n) is 10.1. The topological polar surface area (TPSA) is 60.8 Å². The molecule has 1 rings (SSSR count). The molecule has 0 saturated carbocycles. The Labute approximate surface area is 97.3 Å². The first-order valence-corrected chi connectivity index (χ1v) is 8.96. The van der Waals surface area contributed by atoms with Gasteiger partial charge in [-0.25, -0.2) is 4.79 Å². The highest BCUT2D eigenvalue weighted by Crippen LogP contribution is 2.21. The van der Waals surface area contributed by atoms with Gasteiger partial charge in [0.25, 0.3) is 0 Å². The number of hydrogen-bond donors (Lipinski definition) is 2. The molecular weight excluding hydrogens is 222 g/mol. The molecule has 1 aliphatic rings. The zero-order chi connectivity index (χ0) is 12.4. The summed E-state index contributed by atoms with van der Waals surface area (Å²) in [5, 5.41) is 18.9. The fraction of sp³-hybridized carbons (Fsp3) is 0.727. The molecule has 0 aromatic rings. The molecule has 1 heterocycles. The summed E-state index contributed by atoms with van der Waals surface area (Å²) in [4.78, 5) is 12.0. The largest absolute Gasteiger partial charge is 0.465 e. The van der Waals surface area contributed by atoms with Crippen LogP contribution in [0.2, 0.25) is 19.6 Å². The van der Waals surface area contributed by atoms with Crippen molar-refractivity contribution in [3.05, 3.63) is 0 Å². The van der Waals surface area contributed by atoms with E-state index in [1.807, 2.05) is 0 Å². The summed E-state index contributed by atoms with van der Waals surface area (Å²) in [5.74, 6) is 2.95. The molecule has 0 spiro atoms. The van der Waals surface area contributed by atoms with Crippen LogP contribution in [-0.2, 0) is 0 Å². The van der Waals surface area contributed by atoms with Crippen LogP contribution >= 0.6 is 0 Å². The van der Waals surface area contributed by atoms with E-state index in [-0.39, 0.29) is 0 Å². The van der Waals surface area contributed by atoms with Crippen LogP contribution in [0.15, 0.2) is 0 Å². The van der Waals surface area contributed by atoms with E-state index in [9.17, 15) is 9.90 Å². The summed E-state index contributed by atoms with van der Waals surface area (Å²) >= 11 is 0. The molecule has 4 nitrogen and oxygen atoms in total. The highest BCUT2D eigenvalue weighted by molar-refractivity contribution is 6.83. The molecule has 16 heavy (non-hydrogen) atoms. The molecule has 0 aromatic carbocycles. The van der Waals surface area contributed by atoms with E-state index in [1.165, 1.54) is 4.90 Å². The maximum atomic E-state index is 10.7. The van der Waals surface area contributed by atoms with Crippen LogP contribution in [0.3, 0.4) is 0 Å². The second-order valence-electron chi connectivity index (χ2n) is 5.30. The number of aliphatic hydroxyl groups is 1. The number of amides is 1. The van der Waals surface area contributed by atoms with E-state index < -0.39 is 19.8 Å². The van der Waals surface area contributed by atoms with Gasteiger partial charge >= 0.3 is 6.09 Å². The lowest BCUT2D eigenvalue weighted by molar-refractivity contribution is 0.0297. The Hall–Kier alpha value is -0.993. The first-order valence-electron chi connectivity index (χ1n) is 5.46. The van der Waals surface area contributed by atoms with E-state index >= 15 is 0 Å². The number of rotatable bonds is 0. The number of nitrogens with zero attached hydrogens (tertiary/aromatic N) is 1. The maximum absolute atomic E-state index is 10.7. The maximum Gasteiger partial charge on any atom is 0.407 e. The van der Waals surface area contributed by atoms with Gasteiger partial charge < -0.3 is 15.1 Å². The van der Waals surface area contributed by atoms with Crippen LogP contribution < -0.4 is 0 Å². The lowest BCUT2D eigenvalue weighted by Crippen LogP contribution is -2.45. The smallest absolute Gasteiger partial charge is 0.407 e. The average Bonchev–Trinajstić information content (AvgIpc) is 2.15. The van der Waals surface area contributed by atoms with Gasteiger partial charge in [-0.2, -0.15) is 0 Å². The van der Waals surface area contributed by atoms with Crippen molar-refractivity contribution in [3.8, 4) is 11.5 Å². The van der Waals surface area contributed by atoms with Gasteiger partial charge in [-0.1, -0.05) is 25.6 Å². The van der Waals surface area contributed by atoms with E-state index in [4.69, 9.17) is 5.11 Å². The Morgan fingerprint density at radius 3 is 2.19 bits per heavy atom. The second kappa shape index (κ2) is 4.48. The molecule has 5 heteroatoms. The number of likely N-dealkylation sites (tertiary alicyclic amines) is 1. The third-order valence-corrected chi connectivity index (χ3v) is 3.41. The predicted octanol–water partition coefficient (Wildman–Crippen LogP) is 1.37. The minimum Gasteiger partial charge on any atom is -0.465 e. The van der Waals surface area contributed by atoms with Crippen LogP contribution in [0, 0.1) is 11.5 Å².